The summed E-state index contributed by atoms with van der Waals surface area (Å²) in [7, 11) is 0. The van der Waals surface area contributed by atoms with E-state index in [1.807, 2.05) is 0 Å². The molecule has 1 saturated carbocycles. The minimum Gasteiger partial charge on any atom is -0.481 e. The first kappa shape index (κ1) is 13.4. The van der Waals surface area contributed by atoms with Gasteiger partial charge in [-0.2, -0.15) is 0 Å². The smallest absolute Gasteiger partial charge is 0.311 e. The topological polar surface area (TPSA) is 57.5 Å². The Morgan fingerprint density at radius 3 is 2.67 bits per heavy atom. The molecule has 2 N–H and O–H groups in total. The maximum atomic E-state index is 11.5. The van der Waals surface area contributed by atoms with Crippen molar-refractivity contribution in [1.82, 2.24) is 0 Å². The van der Waals surface area contributed by atoms with Crippen LogP contribution in [0.15, 0.2) is 24.3 Å². The molecule has 4 heteroatoms. The highest BCUT2D eigenvalue weighted by molar-refractivity contribution is 6.30. The highest BCUT2D eigenvalue weighted by Gasteiger charge is 2.36. The van der Waals surface area contributed by atoms with E-state index >= 15 is 0 Å². The van der Waals surface area contributed by atoms with E-state index in [9.17, 15) is 15.0 Å². The molecule has 1 aliphatic carbocycles. The highest BCUT2D eigenvalue weighted by Crippen LogP contribution is 2.37. The van der Waals surface area contributed by atoms with Crippen molar-refractivity contribution < 1.29 is 15.0 Å². The Bertz CT molecular complexity index is 433. The number of rotatable bonds is 3. The molecule has 18 heavy (non-hydrogen) atoms. The van der Waals surface area contributed by atoms with E-state index in [0.29, 0.717) is 17.0 Å². The molecule has 3 nitrogen and oxygen atoms in total. The molecule has 1 aromatic rings. The standard InChI is InChI=1S/C14H17ClO3/c15-10-5-3-4-9(8-10)13(14(17)18)11-6-1-2-7-12(11)16/h3-5,8,11-13,16H,1-2,6-7H2,(H,17,18)/t11-,12-,13-/m1/s1. The lowest BCUT2D eigenvalue weighted by atomic mass is 9.75. The largest absolute Gasteiger partial charge is 0.481 e. The summed E-state index contributed by atoms with van der Waals surface area (Å²) in [6, 6.07) is 6.93. The zero-order chi connectivity index (χ0) is 13.1. The molecule has 0 amide bonds. The number of aliphatic hydroxyl groups excluding tert-OH is 1. The summed E-state index contributed by atoms with van der Waals surface area (Å²) in [5, 5.41) is 20.0. The summed E-state index contributed by atoms with van der Waals surface area (Å²) in [5.74, 6) is -1.77. The van der Waals surface area contributed by atoms with E-state index < -0.39 is 18.0 Å². The molecule has 0 unspecified atom stereocenters. The zero-order valence-corrected chi connectivity index (χ0v) is 10.8. The predicted molar refractivity (Wildman–Crippen MR) is 69.8 cm³/mol. The fourth-order valence-corrected chi connectivity index (χ4v) is 3.00. The summed E-state index contributed by atoms with van der Waals surface area (Å²) in [6.45, 7) is 0. The number of carboxylic acids is 1. The van der Waals surface area contributed by atoms with Crippen LogP contribution < -0.4 is 0 Å². The summed E-state index contributed by atoms with van der Waals surface area (Å²) in [4.78, 5) is 11.5. The van der Waals surface area contributed by atoms with Crippen LogP contribution in [-0.2, 0) is 4.79 Å². The molecule has 1 aliphatic rings. The Morgan fingerprint density at radius 1 is 1.33 bits per heavy atom. The lowest BCUT2D eigenvalue weighted by molar-refractivity contribution is -0.142. The maximum Gasteiger partial charge on any atom is 0.311 e. The Morgan fingerprint density at radius 2 is 2.06 bits per heavy atom. The number of benzene rings is 1. The van der Waals surface area contributed by atoms with Crippen LogP contribution in [0.5, 0.6) is 0 Å². The number of carboxylic acid groups (broad SMARTS) is 1. The molecule has 1 fully saturated rings. The van der Waals surface area contributed by atoms with Crippen LogP contribution in [0.3, 0.4) is 0 Å². The normalized spacial score (nSPS) is 25.7. The minimum absolute atomic E-state index is 0.213. The van der Waals surface area contributed by atoms with Crippen LogP contribution in [-0.4, -0.2) is 22.3 Å². The predicted octanol–water partition coefficient (Wildman–Crippen LogP) is 3.06. The van der Waals surface area contributed by atoms with Gasteiger partial charge in [-0.05, 0) is 30.5 Å². The van der Waals surface area contributed by atoms with Crippen molar-refractivity contribution in [3.8, 4) is 0 Å². The molecule has 0 heterocycles. The van der Waals surface area contributed by atoms with Gasteiger partial charge >= 0.3 is 5.97 Å². The van der Waals surface area contributed by atoms with Crippen LogP contribution in [0.4, 0.5) is 0 Å². The number of halogens is 1. The van der Waals surface area contributed by atoms with Crippen molar-refractivity contribution >= 4 is 17.6 Å². The summed E-state index contributed by atoms with van der Waals surface area (Å²) in [6.07, 6.45) is 2.87. The summed E-state index contributed by atoms with van der Waals surface area (Å²) >= 11 is 5.91. The maximum absolute atomic E-state index is 11.5. The Kier molecular flexibility index (Phi) is 4.25. The first-order valence-electron chi connectivity index (χ1n) is 6.26. The second-order valence-electron chi connectivity index (χ2n) is 4.89. The van der Waals surface area contributed by atoms with Gasteiger partial charge in [-0.25, -0.2) is 0 Å². The van der Waals surface area contributed by atoms with Crippen LogP contribution in [0, 0.1) is 5.92 Å². The third kappa shape index (κ3) is 2.85. The third-order valence-electron chi connectivity index (χ3n) is 3.68. The zero-order valence-electron chi connectivity index (χ0n) is 10.1. The van der Waals surface area contributed by atoms with E-state index in [-0.39, 0.29) is 5.92 Å². The fraction of sp³-hybridized carbons (Fsp3) is 0.500. The van der Waals surface area contributed by atoms with Crippen molar-refractivity contribution in [2.45, 2.75) is 37.7 Å². The van der Waals surface area contributed by atoms with Gasteiger partial charge in [-0.15, -0.1) is 0 Å². The average molecular weight is 269 g/mol. The van der Waals surface area contributed by atoms with Crippen molar-refractivity contribution in [3.05, 3.63) is 34.9 Å². The molecule has 3 atom stereocenters. The SMILES string of the molecule is O=C(O)[C@H](c1cccc(Cl)c1)[C@@H]1CCCC[C@H]1O. The Hall–Kier alpha value is -1.06. The van der Waals surface area contributed by atoms with E-state index in [1.165, 1.54) is 0 Å². The molecular formula is C14H17ClO3. The van der Waals surface area contributed by atoms with E-state index in [1.54, 1.807) is 24.3 Å². The molecule has 0 bridgehead atoms. The van der Waals surface area contributed by atoms with Crippen LogP contribution in [0.1, 0.15) is 37.2 Å². The second-order valence-corrected chi connectivity index (χ2v) is 5.32. The van der Waals surface area contributed by atoms with Gasteiger partial charge in [0.2, 0.25) is 0 Å². The van der Waals surface area contributed by atoms with Crippen molar-refractivity contribution in [2.75, 3.05) is 0 Å². The van der Waals surface area contributed by atoms with Crippen molar-refractivity contribution in [1.29, 1.82) is 0 Å². The van der Waals surface area contributed by atoms with Gasteiger partial charge in [0.25, 0.3) is 0 Å². The monoisotopic (exact) mass is 268 g/mol. The Balaban J connectivity index is 2.30. The number of aliphatic hydroxyl groups is 1. The first-order chi connectivity index (χ1) is 8.59. The molecule has 0 saturated heterocycles. The number of hydrogen-bond acceptors (Lipinski definition) is 2. The summed E-state index contributed by atoms with van der Waals surface area (Å²) in [5.41, 5.74) is 0.681. The van der Waals surface area contributed by atoms with Crippen LogP contribution in [0.25, 0.3) is 0 Å². The second kappa shape index (κ2) is 5.72. The molecule has 0 spiro atoms. The van der Waals surface area contributed by atoms with Crippen molar-refractivity contribution in [2.24, 2.45) is 5.92 Å². The average Bonchev–Trinajstić information content (AvgIpc) is 2.32. The lowest BCUT2D eigenvalue weighted by Gasteiger charge is -2.32. The van der Waals surface area contributed by atoms with Gasteiger partial charge in [-0.3, -0.25) is 4.79 Å². The van der Waals surface area contributed by atoms with Gasteiger partial charge in [0.15, 0.2) is 0 Å². The fourth-order valence-electron chi connectivity index (χ4n) is 2.80. The van der Waals surface area contributed by atoms with Gasteiger partial charge < -0.3 is 10.2 Å². The summed E-state index contributed by atoms with van der Waals surface area (Å²) < 4.78 is 0. The number of carbonyl (C=O) groups is 1. The van der Waals surface area contributed by atoms with Gasteiger partial charge in [0, 0.05) is 10.9 Å². The number of hydrogen-bond donors (Lipinski definition) is 2. The van der Waals surface area contributed by atoms with Crippen LogP contribution in [0.2, 0.25) is 5.02 Å². The van der Waals surface area contributed by atoms with E-state index in [0.717, 1.165) is 19.3 Å². The van der Waals surface area contributed by atoms with Gasteiger partial charge in [0.1, 0.15) is 0 Å². The highest BCUT2D eigenvalue weighted by atomic mass is 35.5. The first-order valence-corrected chi connectivity index (χ1v) is 6.63. The molecular weight excluding hydrogens is 252 g/mol. The Labute approximate surface area is 111 Å². The molecule has 98 valence electrons. The minimum atomic E-state index is -0.886. The van der Waals surface area contributed by atoms with Crippen molar-refractivity contribution in [3.63, 3.8) is 0 Å². The van der Waals surface area contributed by atoms with E-state index in [2.05, 4.69) is 0 Å². The molecule has 0 aromatic heterocycles. The molecule has 2 rings (SSSR count). The van der Waals surface area contributed by atoms with Gasteiger partial charge in [-0.1, -0.05) is 36.6 Å². The quantitative estimate of drug-likeness (QED) is 0.886. The molecule has 0 radical (unpaired) electrons. The molecule has 1 aromatic carbocycles. The van der Waals surface area contributed by atoms with Crippen LogP contribution >= 0.6 is 11.6 Å². The third-order valence-corrected chi connectivity index (χ3v) is 3.92. The lowest BCUT2D eigenvalue weighted by Crippen LogP contribution is -2.33. The van der Waals surface area contributed by atoms with Gasteiger partial charge in [0.05, 0.1) is 12.0 Å². The van der Waals surface area contributed by atoms with E-state index in [4.69, 9.17) is 11.6 Å². The molecule has 0 aliphatic heterocycles. The number of aliphatic carboxylic acids is 1.